The molecule has 8 nitrogen and oxygen atoms in total. The van der Waals surface area contributed by atoms with Crippen LogP contribution in [-0.2, 0) is 26.0 Å². The molecule has 1 aromatic heterocycles. The van der Waals surface area contributed by atoms with E-state index in [2.05, 4.69) is 10.2 Å². The summed E-state index contributed by atoms with van der Waals surface area (Å²) in [5.74, 6) is 0.501. The van der Waals surface area contributed by atoms with Crippen molar-refractivity contribution in [3.8, 4) is 0 Å². The van der Waals surface area contributed by atoms with E-state index in [9.17, 15) is 8.42 Å². The van der Waals surface area contributed by atoms with Gasteiger partial charge in [0.1, 0.15) is 6.10 Å². The van der Waals surface area contributed by atoms with Crippen molar-refractivity contribution in [3.63, 3.8) is 0 Å². The molecule has 1 saturated heterocycles. The first-order chi connectivity index (χ1) is 9.04. The van der Waals surface area contributed by atoms with E-state index in [1.54, 1.807) is 0 Å². The number of aromatic nitrogens is 3. The van der Waals surface area contributed by atoms with Gasteiger partial charge in [-0.3, -0.25) is 4.57 Å². The Morgan fingerprint density at radius 1 is 1.47 bits per heavy atom. The number of hydrogen-bond acceptors (Lipinski definition) is 6. The van der Waals surface area contributed by atoms with Crippen LogP contribution in [0.2, 0.25) is 0 Å². The van der Waals surface area contributed by atoms with Gasteiger partial charge in [0.15, 0.2) is 5.82 Å². The van der Waals surface area contributed by atoms with Gasteiger partial charge >= 0.3 is 0 Å². The third kappa shape index (κ3) is 3.30. The molecule has 0 bridgehead atoms. The number of sulfonamides is 1. The summed E-state index contributed by atoms with van der Waals surface area (Å²) in [5.41, 5.74) is 0. The molecule has 9 heteroatoms. The normalized spacial score (nSPS) is 20.6. The van der Waals surface area contributed by atoms with E-state index < -0.39 is 10.0 Å². The summed E-state index contributed by atoms with van der Waals surface area (Å²) in [6.07, 6.45) is 2.60. The zero-order valence-electron chi connectivity index (χ0n) is 10.8. The molecule has 0 radical (unpaired) electrons. The molecule has 0 spiro atoms. The average Bonchev–Trinajstić information content (AvgIpc) is 2.81. The lowest BCUT2D eigenvalue weighted by Gasteiger charge is -2.22. The van der Waals surface area contributed by atoms with Crippen LogP contribution in [0.1, 0.15) is 31.2 Å². The van der Waals surface area contributed by atoms with Crippen molar-refractivity contribution in [1.82, 2.24) is 14.8 Å². The topological polar surface area (TPSA) is 109 Å². The number of rotatable bonds is 5. The number of methoxy groups -OCH3 is 1. The van der Waals surface area contributed by atoms with Gasteiger partial charge in [0, 0.05) is 13.7 Å². The van der Waals surface area contributed by atoms with Gasteiger partial charge in [0.2, 0.25) is 0 Å². The molecule has 0 aliphatic carbocycles. The van der Waals surface area contributed by atoms with Gasteiger partial charge in [-0.1, -0.05) is 0 Å². The zero-order chi connectivity index (χ0) is 13.9. The summed E-state index contributed by atoms with van der Waals surface area (Å²) in [7, 11) is -2.36. The van der Waals surface area contributed by atoms with Crippen LogP contribution in [0.15, 0.2) is 5.16 Å². The Morgan fingerprint density at radius 3 is 2.84 bits per heavy atom. The summed E-state index contributed by atoms with van der Waals surface area (Å²) in [6.45, 7) is 1.32. The van der Waals surface area contributed by atoms with Gasteiger partial charge in [-0.25, -0.2) is 13.6 Å². The summed E-state index contributed by atoms with van der Waals surface area (Å²) >= 11 is 0. The largest absolute Gasteiger partial charge is 0.383 e. The molecule has 1 fully saturated rings. The van der Waals surface area contributed by atoms with E-state index in [1.165, 1.54) is 11.7 Å². The highest BCUT2D eigenvalue weighted by molar-refractivity contribution is 7.89. The van der Waals surface area contributed by atoms with E-state index in [1.807, 2.05) is 0 Å². The second-order valence-corrected chi connectivity index (χ2v) is 5.84. The Morgan fingerprint density at radius 2 is 2.26 bits per heavy atom. The Labute approximate surface area is 111 Å². The van der Waals surface area contributed by atoms with E-state index in [0.29, 0.717) is 25.6 Å². The maximum absolute atomic E-state index is 11.5. The van der Waals surface area contributed by atoms with Gasteiger partial charge in [0.05, 0.1) is 13.2 Å². The molecule has 0 aromatic carbocycles. The SMILES string of the molecule is COCCn1c(C2CCCCO2)nnc1S(N)(=O)=O. The summed E-state index contributed by atoms with van der Waals surface area (Å²) in [6, 6.07) is 0. The Bertz CT molecular complexity index is 522. The number of hydrogen-bond donors (Lipinski definition) is 1. The zero-order valence-corrected chi connectivity index (χ0v) is 11.6. The predicted molar refractivity (Wildman–Crippen MR) is 65.8 cm³/mol. The van der Waals surface area contributed by atoms with Crippen LogP contribution in [-0.4, -0.2) is 43.5 Å². The molecule has 0 saturated carbocycles. The van der Waals surface area contributed by atoms with E-state index in [0.717, 1.165) is 19.3 Å². The molecule has 1 aliphatic heterocycles. The highest BCUT2D eigenvalue weighted by Crippen LogP contribution is 2.27. The number of primary sulfonamides is 1. The first kappa shape index (κ1) is 14.4. The number of nitrogens with zero attached hydrogens (tertiary/aromatic N) is 3. The number of ether oxygens (including phenoxy) is 2. The molecule has 19 heavy (non-hydrogen) atoms. The molecule has 108 valence electrons. The monoisotopic (exact) mass is 290 g/mol. The smallest absolute Gasteiger partial charge is 0.273 e. The lowest BCUT2D eigenvalue weighted by molar-refractivity contribution is 0.00614. The van der Waals surface area contributed by atoms with E-state index >= 15 is 0 Å². The van der Waals surface area contributed by atoms with E-state index in [4.69, 9.17) is 14.6 Å². The lowest BCUT2D eigenvalue weighted by atomic mass is 10.1. The molecule has 2 rings (SSSR count). The molecular weight excluding hydrogens is 272 g/mol. The van der Waals surface area contributed by atoms with Crippen molar-refractivity contribution in [2.75, 3.05) is 20.3 Å². The van der Waals surface area contributed by atoms with Crippen molar-refractivity contribution in [2.24, 2.45) is 5.14 Å². The van der Waals surface area contributed by atoms with Crippen molar-refractivity contribution >= 4 is 10.0 Å². The highest BCUT2D eigenvalue weighted by atomic mass is 32.2. The lowest BCUT2D eigenvalue weighted by Crippen LogP contribution is -2.23. The maximum atomic E-state index is 11.5. The molecule has 2 heterocycles. The predicted octanol–water partition coefficient (Wildman–Crippen LogP) is -0.186. The molecule has 1 aromatic rings. The maximum Gasteiger partial charge on any atom is 0.273 e. The van der Waals surface area contributed by atoms with Crippen molar-refractivity contribution in [3.05, 3.63) is 5.82 Å². The van der Waals surface area contributed by atoms with Gasteiger partial charge in [-0.05, 0) is 19.3 Å². The summed E-state index contributed by atoms with van der Waals surface area (Å²) < 4.78 is 35.0. The van der Waals surface area contributed by atoms with Gasteiger partial charge in [0.25, 0.3) is 15.2 Å². The third-order valence-electron chi connectivity index (χ3n) is 2.99. The van der Waals surface area contributed by atoms with Crippen LogP contribution in [0.3, 0.4) is 0 Å². The molecule has 1 atom stereocenters. The third-order valence-corrected chi connectivity index (χ3v) is 3.80. The van der Waals surface area contributed by atoms with Crippen molar-refractivity contribution in [1.29, 1.82) is 0 Å². The molecule has 2 N–H and O–H groups in total. The van der Waals surface area contributed by atoms with Crippen LogP contribution in [0.5, 0.6) is 0 Å². The Kier molecular flexibility index (Phi) is 4.50. The fraction of sp³-hybridized carbons (Fsp3) is 0.800. The average molecular weight is 290 g/mol. The first-order valence-electron chi connectivity index (χ1n) is 6.10. The van der Waals surface area contributed by atoms with Gasteiger partial charge in [-0.15, -0.1) is 10.2 Å². The minimum absolute atomic E-state index is 0.228. The molecular formula is C10H18N4O4S. The second kappa shape index (κ2) is 5.95. The van der Waals surface area contributed by atoms with Crippen molar-refractivity contribution in [2.45, 2.75) is 37.1 Å². The summed E-state index contributed by atoms with van der Waals surface area (Å²) in [4.78, 5) is 0. The molecule has 1 aliphatic rings. The number of nitrogens with two attached hydrogens (primary N) is 1. The Balaban J connectivity index is 2.34. The summed E-state index contributed by atoms with van der Waals surface area (Å²) in [5, 5.41) is 12.5. The molecule has 1 unspecified atom stereocenters. The Hall–Kier alpha value is -1.03. The minimum atomic E-state index is -3.90. The van der Waals surface area contributed by atoms with Crippen LogP contribution in [0.25, 0.3) is 0 Å². The van der Waals surface area contributed by atoms with Crippen LogP contribution in [0.4, 0.5) is 0 Å². The fourth-order valence-corrected chi connectivity index (χ4v) is 2.73. The van der Waals surface area contributed by atoms with Crippen LogP contribution >= 0.6 is 0 Å². The standard InChI is InChI=1S/C10H18N4O4S/c1-17-7-5-14-9(8-4-2-3-6-18-8)12-13-10(14)19(11,15)16/h8H,2-7H2,1H3,(H2,11,15,16). The fourth-order valence-electron chi connectivity index (χ4n) is 2.09. The van der Waals surface area contributed by atoms with Gasteiger partial charge < -0.3 is 9.47 Å². The van der Waals surface area contributed by atoms with Crippen LogP contribution < -0.4 is 5.14 Å². The van der Waals surface area contributed by atoms with Crippen molar-refractivity contribution < 1.29 is 17.9 Å². The second-order valence-electron chi connectivity index (χ2n) is 4.39. The molecule has 0 amide bonds. The van der Waals surface area contributed by atoms with Gasteiger partial charge in [-0.2, -0.15) is 0 Å². The van der Waals surface area contributed by atoms with E-state index in [-0.39, 0.29) is 11.3 Å². The highest BCUT2D eigenvalue weighted by Gasteiger charge is 2.27. The first-order valence-corrected chi connectivity index (χ1v) is 7.65. The quantitative estimate of drug-likeness (QED) is 0.805. The van der Waals surface area contributed by atoms with Crippen LogP contribution in [0, 0.1) is 0 Å². The minimum Gasteiger partial charge on any atom is -0.383 e.